The Kier molecular flexibility index (Phi) is 3.50. The summed E-state index contributed by atoms with van der Waals surface area (Å²) < 4.78 is 0.848. The molecule has 4 nitrogen and oxygen atoms in total. The van der Waals surface area contributed by atoms with E-state index in [1.807, 2.05) is 6.92 Å². The molecular formula is C8H12BrN3O. The third-order valence-corrected chi connectivity index (χ3v) is 2.68. The van der Waals surface area contributed by atoms with Crippen molar-refractivity contribution < 1.29 is 5.11 Å². The van der Waals surface area contributed by atoms with Crippen LogP contribution in [-0.4, -0.2) is 23.2 Å². The SMILES string of the molecule is Cc1c(N)cnc(NCCO)c1Br. The van der Waals surface area contributed by atoms with Gasteiger partial charge in [-0.1, -0.05) is 0 Å². The van der Waals surface area contributed by atoms with Crippen molar-refractivity contribution in [2.45, 2.75) is 6.92 Å². The van der Waals surface area contributed by atoms with Crippen LogP contribution in [0.5, 0.6) is 0 Å². The van der Waals surface area contributed by atoms with Crippen molar-refractivity contribution in [2.75, 3.05) is 24.2 Å². The molecule has 0 bridgehead atoms. The minimum atomic E-state index is 0.0809. The number of nitrogen functional groups attached to an aromatic ring is 1. The summed E-state index contributed by atoms with van der Waals surface area (Å²) in [6.07, 6.45) is 1.60. The van der Waals surface area contributed by atoms with Crippen molar-refractivity contribution in [3.8, 4) is 0 Å². The van der Waals surface area contributed by atoms with E-state index in [1.165, 1.54) is 0 Å². The zero-order valence-corrected chi connectivity index (χ0v) is 8.93. The molecule has 13 heavy (non-hydrogen) atoms. The molecule has 1 aromatic heterocycles. The van der Waals surface area contributed by atoms with Crippen LogP contribution in [0, 0.1) is 6.92 Å². The molecule has 0 atom stereocenters. The van der Waals surface area contributed by atoms with Gasteiger partial charge in [0.15, 0.2) is 0 Å². The second-order valence-corrected chi connectivity index (χ2v) is 3.44. The molecule has 1 heterocycles. The number of hydrogen-bond donors (Lipinski definition) is 3. The minimum absolute atomic E-state index is 0.0809. The second-order valence-electron chi connectivity index (χ2n) is 2.65. The van der Waals surface area contributed by atoms with E-state index in [2.05, 4.69) is 26.2 Å². The summed E-state index contributed by atoms with van der Waals surface area (Å²) in [4.78, 5) is 4.08. The van der Waals surface area contributed by atoms with Crippen molar-refractivity contribution in [3.63, 3.8) is 0 Å². The van der Waals surface area contributed by atoms with E-state index >= 15 is 0 Å². The molecule has 1 rings (SSSR count). The number of halogens is 1. The summed E-state index contributed by atoms with van der Waals surface area (Å²) in [6.45, 7) is 2.47. The molecule has 0 saturated heterocycles. The van der Waals surface area contributed by atoms with Gasteiger partial charge in [0.1, 0.15) is 5.82 Å². The smallest absolute Gasteiger partial charge is 0.140 e. The number of nitrogens with two attached hydrogens (primary N) is 1. The van der Waals surface area contributed by atoms with Gasteiger partial charge in [-0.15, -0.1) is 0 Å². The highest BCUT2D eigenvalue weighted by atomic mass is 79.9. The van der Waals surface area contributed by atoms with Crippen LogP contribution < -0.4 is 11.1 Å². The highest BCUT2D eigenvalue weighted by molar-refractivity contribution is 9.10. The van der Waals surface area contributed by atoms with Crippen LogP contribution in [0.1, 0.15) is 5.56 Å². The zero-order chi connectivity index (χ0) is 9.84. The van der Waals surface area contributed by atoms with Crippen LogP contribution in [0.2, 0.25) is 0 Å². The monoisotopic (exact) mass is 245 g/mol. The van der Waals surface area contributed by atoms with Crippen LogP contribution in [0.25, 0.3) is 0 Å². The van der Waals surface area contributed by atoms with Gasteiger partial charge < -0.3 is 16.2 Å². The van der Waals surface area contributed by atoms with Gasteiger partial charge >= 0.3 is 0 Å². The first kappa shape index (κ1) is 10.3. The molecule has 0 fully saturated rings. The first-order chi connectivity index (χ1) is 6.16. The highest BCUT2D eigenvalue weighted by Crippen LogP contribution is 2.27. The van der Waals surface area contributed by atoms with E-state index in [4.69, 9.17) is 10.8 Å². The molecule has 0 unspecified atom stereocenters. The molecule has 0 amide bonds. The average Bonchev–Trinajstić information content (AvgIpc) is 2.13. The molecule has 0 aliphatic heterocycles. The van der Waals surface area contributed by atoms with E-state index in [-0.39, 0.29) is 6.61 Å². The maximum absolute atomic E-state index is 8.61. The number of aromatic nitrogens is 1. The van der Waals surface area contributed by atoms with Crippen molar-refractivity contribution in [1.29, 1.82) is 0 Å². The van der Waals surface area contributed by atoms with Crippen LogP contribution in [0.4, 0.5) is 11.5 Å². The van der Waals surface area contributed by atoms with Gasteiger partial charge in [0.05, 0.1) is 23.0 Å². The number of hydrogen-bond acceptors (Lipinski definition) is 4. The lowest BCUT2D eigenvalue weighted by Crippen LogP contribution is -2.08. The molecule has 0 aliphatic carbocycles. The van der Waals surface area contributed by atoms with E-state index in [1.54, 1.807) is 6.20 Å². The zero-order valence-electron chi connectivity index (χ0n) is 7.34. The number of pyridine rings is 1. The van der Waals surface area contributed by atoms with Gasteiger partial charge in [0.2, 0.25) is 0 Å². The number of rotatable bonds is 3. The minimum Gasteiger partial charge on any atom is -0.397 e. The normalized spacial score (nSPS) is 10.1. The lowest BCUT2D eigenvalue weighted by molar-refractivity contribution is 0.311. The van der Waals surface area contributed by atoms with E-state index < -0.39 is 0 Å². The molecule has 0 spiro atoms. The first-order valence-electron chi connectivity index (χ1n) is 3.92. The highest BCUT2D eigenvalue weighted by Gasteiger charge is 2.05. The number of nitrogens with one attached hydrogen (secondary N) is 1. The molecule has 72 valence electrons. The summed E-state index contributed by atoms with van der Waals surface area (Å²) >= 11 is 3.37. The molecular weight excluding hydrogens is 234 g/mol. The van der Waals surface area contributed by atoms with Crippen molar-refractivity contribution >= 4 is 27.4 Å². The van der Waals surface area contributed by atoms with Crippen molar-refractivity contribution in [3.05, 3.63) is 16.2 Å². The Morgan fingerprint density at radius 3 is 3.00 bits per heavy atom. The third kappa shape index (κ3) is 2.32. The maximum atomic E-state index is 8.61. The van der Waals surface area contributed by atoms with Crippen LogP contribution in [-0.2, 0) is 0 Å². The maximum Gasteiger partial charge on any atom is 0.140 e. The Morgan fingerprint density at radius 1 is 1.69 bits per heavy atom. The fourth-order valence-electron chi connectivity index (χ4n) is 0.889. The van der Waals surface area contributed by atoms with Crippen LogP contribution in [0.3, 0.4) is 0 Å². The average molecular weight is 246 g/mol. The Balaban J connectivity index is 2.90. The van der Waals surface area contributed by atoms with Crippen LogP contribution >= 0.6 is 15.9 Å². The fourth-order valence-corrected chi connectivity index (χ4v) is 1.36. The molecule has 0 aliphatic rings. The van der Waals surface area contributed by atoms with Crippen molar-refractivity contribution in [1.82, 2.24) is 4.98 Å². The summed E-state index contributed by atoms with van der Waals surface area (Å²) in [5.74, 6) is 0.709. The Bertz CT molecular complexity index is 304. The molecule has 0 radical (unpaired) electrons. The number of aliphatic hydroxyl groups excluding tert-OH is 1. The predicted octanol–water partition coefficient (Wildman–Crippen LogP) is 1.14. The van der Waals surface area contributed by atoms with Crippen LogP contribution in [0.15, 0.2) is 10.7 Å². The van der Waals surface area contributed by atoms with E-state index in [0.29, 0.717) is 18.1 Å². The first-order valence-corrected chi connectivity index (χ1v) is 4.71. The molecule has 0 saturated carbocycles. The Morgan fingerprint density at radius 2 is 2.38 bits per heavy atom. The van der Waals surface area contributed by atoms with Gasteiger partial charge in [-0.3, -0.25) is 0 Å². The van der Waals surface area contributed by atoms with E-state index in [0.717, 1.165) is 10.0 Å². The summed E-state index contributed by atoms with van der Waals surface area (Å²) in [5.41, 5.74) is 7.26. The molecule has 4 N–H and O–H groups in total. The number of nitrogens with zero attached hydrogens (tertiary/aromatic N) is 1. The second kappa shape index (κ2) is 4.43. The summed E-state index contributed by atoms with van der Waals surface area (Å²) in [7, 11) is 0. The van der Waals surface area contributed by atoms with Gasteiger partial charge in [0.25, 0.3) is 0 Å². The van der Waals surface area contributed by atoms with E-state index in [9.17, 15) is 0 Å². The Labute approximate surface area is 85.3 Å². The summed E-state index contributed by atoms with van der Waals surface area (Å²) in [6, 6.07) is 0. The lowest BCUT2D eigenvalue weighted by Gasteiger charge is -2.09. The lowest BCUT2D eigenvalue weighted by atomic mass is 10.2. The quantitative estimate of drug-likeness (QED) is 0.747. The number of aliphatic hydroxyl groups is 1. The standard InChI is InChI=1S/C8H12BrN3O/c1-5-6(10)4-12-8(7(5)9)11-2-3-13/h4,13H,2-3,10H2,1H3,(H,11,12). The van der Waals surface area contributed by atoms with Gasteiger partial charge in [-0.05, 0) is 28.4 Å². The third-order valence-electron chi connectivity index (χ3n) is 1.71. The fraction of sp³-hybridized carbons (Fsp3) is 0.375. The molecule has 1 aromatic rings. The van der Waals surface area contributed by atoms with Gasteiger partial charge in [0, 0.05) is 6.54 Å². The van der Waals surface area contributed by atoms with Gasteiger partial charge in [-0.25, -0.2) is 4.98 Å². The van der Waals surface area contributed by atoms with Crippen molar-refractivity contribution in [2.24, 2.45) is 0 Å². The largest absolute Gasteiger partial charge is 0.397 e. The summed E-state index contributed by atoms with van der Waals surface area (Å²) in [5, 5.41) is 11.6. The number of anilines is 2. The molecule has 5 heteroatoms. The topological polar surface area (TPSA) is 71.2 Å². The molecule has 0 aromatic carbocycles. The Hall–Kier alpha value is -0.810. The van der Waals surface area contributed by atoms with Gasteiger partial charge in [-0.2, -0.15) is 0 Å². The predicted molar refractivity (Wildman–Crippen MR) is 56.7 cm³/mol.